The fourth-order valence-corrected chi connectivity index (χ4v) is 3.44. The first kappa shape index (κ1) is 23.8. The van der Waals surface area contributed by atoms with E-state index in [1.54, 1.807) is 19.1 Å². The summed E-state index contributed by atoms with van der Waals surface area (Å²) in [7, 11) is 0. The lowest BCUT2D eigenvalue weighted by molar-refractivity contribution is -0.383. The largest absolute Gasteiger partial charge is 0.379 e. The van der Waals surface area contributed by atoms with Crippen molar-refractivity contribution in [2.24, 2.45) is 5.92 Å². The van der Waals surface area contributed by atoms with Crippen LogP contribution in [0.15, 0.2) is 24.3 Å². The van der Waals surface area contributed by atoms with E-state index in [1.807, 2.05) is 18.7 Å². The van der Waals surface area contributed by atoms with Crippen molar-refractivity contribution in [3.63, 3.8) is 0 Å². The molecule has 2 amide bonds. The number of nitrogens with zero attached hydrogens (tertiary/aromatic N) is 2. The van der Waals surface area contributed by atoms with Crippen molar-refractivity contribution in [1.29, 1.82) is 0 Å². The van der Waals surface area contributed by atoms with Crippen LogP contribution >= 0.6 is 0 Å². The number of hydrogen-bond donors (Lipinski definition) is 2. The number of nitro groups is 1. The molecule has 2 N–H and O–H groups in total. The van der Waals surface area contributed by atoms with Gasteiger partial charge in [-0.2, -0.15) is 0 Å². The number of carbonyl (C=O) groups excluding carboxylic acids is 2. The Hall–Kier alpha value is -2.52. The number of piperidine rings is 1. The van der Waals surface area contributed by atoms with Gasteiger partial charge in [0.25, 0.3) is 5.69 Å². The number of rotatable bonds is 10. The zero-order chi connectivity index (χ0) is 22.1. The van der Waals surface area contributed by atoms with Crippen LogP contribution in [0.1, 0.15) is 40.0 Å². The van der Waals surface area contributed by atoms with E-state index in [4.69, 9.17) is 4.74 Å². The third kappa shape index (κ3) is 7.07. The number of amides is 2. The molecule has 0 radical (unpaired) electrons. The summed E-state index contributed by atoms with van der Waals surface area (Å²) in [5.74, 6) is -0.300. The summed E-state index contributed by atoms with van der Waals surface area (Å²) in [6, 6.07) is 5.64. The van der Waals surface area contributed by atoms with Crippen molar-refractivity contribution in [2.75, 3.05) is 31.6 Å². The van der Waals surface area contributed by atoms with Gasteiger partial charge < -0.3 is 15.4 Å². The van der Waals surface area contributed by atoms with E-state index < -0.39 is 11.0 Å². The third-order valence-corrected chi connectivity index (χ3v) is 5.26. The van der Waals surface area contributed by atoms with Gasteiger partial charge >= 0.3 is 0 Å². The molecule has 1 fully saturated rings. The van der Waals surface area contributed by atoms with Gasteiger partial charge in [-0.25, -0.2) is 0 Å². The second-order valence-electron chi connectivity index (χ2n) is 7.81. The monoisotopic (exact) mass is 420 g/mol. The Balaban J connectivity index is 1.77. The number of benzene rings is 1. The fourth-order valence-electron chi connectivity index (χ4n) is 3.44. The highest BCUT2D eigenvalue weighted by atomic mass is 16.6. The van der Waals surface area contributed by atoms with Gasteiger partial charge in [-0.3, -0.25) is 24.6 Å². The van der Waals surface area contributed by atoms with E-state index in [0.717, 1.165) is 6.42 Å². The summed E-state index contributed by atoms with van der Waals surface area (Å²) in [5.41, 5.74) is 0.0577. The molecule has 0 aliphatic carbocycles. The topological polar surface area (TPSA) is 114 Å². The molecule has 1 atom stereocenters. The van der Waals surface area contributed by atoms with E-state index in [9.17, 15) is 19.7 Å². The SMILES string of the molecule is CC(C)OCCCNC(=O)C1CCN(C(C)C(=O)Nc2ccccc2[N+](=O)[O-])CC1. The van der Waals surface area contributed by atoms with Crippen LogP contribution in [-0.4, -0.2) is 60.0 Å². The van der Waals surface area contributed by atoms with E-state index in [0.29, 0.717) is 39.1 Å². The predicted molar refractivity (Wildman–Crippen MR) is 114 cm³/mol. The van der Waals surface area contributed by atoms with Crippen molar-refractivity contribution in [1.82, 2.24) is 10.2 Å². The van der Waals surface area contributed by atoms with Gasteiger partial charge in [-0.1, -0.05) is 12.1 Å². The summed E-state index contributed by atoms with van der Waals surface area (Å²) < 4.78 is 5.46. The van der Waals surface area contributed by atoms with Crippen LogP contribution in [0.25, 0.3) is 0 Å². The van der Waals surface area contributed by atoms with Gasteiger partial charge in [0.2, 0.25) is 11.8 Å². The molecule has 9 heteroatoms. The van der Waals surface area contributed by atoms with Gasteiger partial charge in [0.15, 0.2) is 0 Å². The van der Waals surface area contributed by atoms with Crippen LogP contribution in [0.2, 0.25) is 0 Å². The number of nitro benzene ring substituents is 1. The maximum atomic E-state index is 12.6. The van der Waals surface area contributed by atoms with E-state index in [2.05, 4.69) is 10.6 Å². The molecule has 166 valence electrons. The molecule has 1 aliphatic rings. The van der Waals surface area contributed by atoms with Gasteiger partial charge in [0.1, 0.15) is 5.69 Å². The van der Waals surface area contributed by atoms with Crippen molar-refractivity contribution >= 4 is 23.2 Å². The Kier molecular flexibility index (Phi) is 9.19. The second kappa shape index (κ2) is 11.6. The zero-order valence-corrected chi connectivity index (χ0v) is 17.9. The van der Waals surface area contributed by atoms with E-state index in [1.165, 1.54) is 12.1 Å². The van der Waals surface area contributed by atoms with Crippen LogP contribution in [0, 0.1) is 16.0 Å². The number of carbonyl (C=O) groups is 2. The van der Waals surface area contributed by atoms with Crippen molar-refractivity contribution in [3.8, 4) is 0 Å². The van der Waals surface area contributed by atoms with Crippen LogP contribution in [0.5, 0.6) is 0 Å². The predicted octanol–water partition coefficient (Wildman–Crippen LogP) is 2.57. The van der Waals surface area contributed by atoms with Gasteiger partial charge in [0, 0.05) is 25.1 Å². The Morgan fingerprint density at radius 1 is 1.23 bits per heavy atom. The molecule has 0 bridgehead atoms. The lowest BCUT2D eigenvalue weighted by Crippen LogP contribution is -2.48. The number of anilines is 1. The molecule has 1 aromatic carbocycles. The Morgan fingerprint density at radius 3 is 2.53 bits per heavy atom. The molecule has 1 heterocycles. The zero-order valence-electron chi connectivity index (χ0n) is 17.9. The lowest BCUT2D eigenvalue weighted by Gasteiger charge is -2.34. The number of likely N-dealkylation sites (tertiary alicyclic amines) is 1. The highest BCUT2D eigenvalue weighted by molar-refractivity contribution is 5.96. The third-order valence-electron chi connectivity index (χ3n) is 5.26. The highest BCUT2D eigenvalue weighted by Gasteiger charge is 2.30. The normalized spacial score (nSPS) is 16.3. The lowest BCUT2D eigenvalue weighted by atomic mass is 9.95. The molecule has 0 saturated carbocycles. The first-order valence-electron chi connectivity index (χ1n) is 10.5. The van der Waals surface area contributed by atoms with Crippen LogP contribution in [0.4, 0.5) is 11.4 Å². The second-order valence-corrected chi connectivity index (χ2v) is 7.81. The highest BCUT2D eigenvalue weighted by Crippen LogP contribution is 2.24. The first-order chi connectivity index (χ1) is 14.3. The summed E-state index contributed by atoms with van der Waals surface area (Å²) in [6.07, 6.45) is 2.33. The molecule has 1 aromatic rings. The van der Waals surface area contributed by atoms with Crippen molar-refractivity contribution in [3.05, 3.63) is 34.4 Å². The Labute approximate surface area is 177 Å². The van der Waals surface area contributed by atoms with Crippen LogP contribution in [0.3, 0.4) is 0 Å². The molecular weight excluding hydrogens is 388 g/mol. The number of para-hydroxylation sites is 2. The molecular formula is C21H32N4O5. The van der Waals surface area contributed by atoms with Crippen LogP contribution in [-0.2, 0) is 14.3 Å². The smallest absolute Gasteiger partial charge is 0.292 e. The number of hydrogen-bond acceptors (Lipinski definition) is 6. The summed E-state index contributed by atoms with van der Waals surface area (Å²) >= 11 is 0. The van der Waals surface area contributed by atoms with Crippen molar-refractivity contribution in [2.45, 2.75) is 52.2 Å². The molecule has 1 aliphatic heterocycles. The Morgan fingerprint density at radius 2 is 1.90 bits per heavy atom. The molecule has 9 nitrogen and oxygen atoms in total. The number of ether oxygens (including phenoxy) is 1. The van der Waals surface area contributed by atoms with E-state index in [-0.39, 0.29) is 35.2 Å². The number of nitrogens with one attached hydrogen (secondary N) is 2. The maximum absolute atomic E-state index is 12.6. The summed E-state index contributed by atoms with van der Waals surface area (Å²) in [5, 5.41) is 16.7. The van der Waals surface area contributed by atoms with Gasteiger partial charge in [-0.05, 0) is 59.2 Å². The van der Waals surface area contributed by atoms with E-state index >= 15 is 0 Å². The molecule has 30 heavy (non-hydrogen) atoms. The average molecular weight is 421 g/mol. The van der Waals surface area contributed by atoms with Crippen LogP contribution < -0.4 is 10.6 Å². The quantitative estimate of drug-likeness (QED) is 0.342. The van der Waals surface area contributed by atoms with Crippen molar-refractivity contribution < 1.29 is 19.2 Å². The van der Waals surface area contributed by atoms with Gasteiger partial charge in [0.05, 0.1) is 17.1 Å². The minimum atomic E-state index is -0.515. The molecule has 1 saturated heterocycles. The molecule has 1 unspecified atom stereocenters. The fraction of sp³-hybridized carbons (Fsp3) is 0.619. The minimum absolute atomic E-state index is 0.0520. The standard InChI is InChI=1S/C21H32N4O5/c1-15(2)30-14-6-11-22-21(27)17-9-12-24(13-10-17)16(3)20(26)23-18-7-4-5-8-19(18)25(28)29/h4-5,7-8,15-17H,6,9-14H2,1-3H3,(H,22,27)(H,23,26). The first-order valence-corrected chi connectivity index (χ1v) is 10.5. The molecule has 0 spiro atoms. The Bertz CT molecular complexity index is 732. The minimum Gasteiger partial charge on any atom is -0.379 e. The summed E-state index contributed by atoms with van der Waals surface area (Å²) in [6.45, 7) is 8.21. The average Bonchev–Trinajstić information content (AvgIpc) is 2.73. The van der Waals surface area contributed by atoms with Gasteiger partial charge in [-0.15, -0.1) is 0 Å². The summed E-state index contributed by atoms with van der Waals surface area (Å²) in [4.78, 5) is 37.5. The molecule has 0 aromatic heterocycles. The maximum Gasteiger partial charge on any atom is 0.292 e. The molecule has 2 rings (SSSR count).